The van der Waals surface area contributed by atoms with E-state index in [4.69, 9.17) is 9.84 Å². The molecule has 3 heteroatoms. The third-order valence-corrected chi connectivity index (χ3v) is 2.84. The molecule has 1 rings (SSSR count). The predicted octanol–water partition coefficient (Wildman–Crippen LogP) is 1.08. The Labute approximate surface area is 79.7 Å². The highest BCUT2D eigenvalue weighted by molar-refractivity contribution is 4.91. The molecule has 0 radical (unpaired) electrons. The number of hydrogen-bond acceptors (Lipinski definition) is 3. The van der Waals surface area contributed by atoms with E-state index >= 15 is 0 Å². The summed E-state index contributed by atoms with van der Waals surface area (Å²) in [5.74, 6) is 0. The summed E-state index contributed by atoms with van der Waals surface area (Å²) in [5, 5.41) is 18.5. The highest BCUT2D eigenvalue weighted by Gasteiger charge is 2.41. The van der Waals surface area contributed by atoms with E-state index in [9.17, 15) is 5.11 Å². The lowest BCUT2D eigenvalue weighted by molar-refractivity contribution is -0.213. The molecule has 1 fully saturated rings. The van der Waals surface area contributed by atoms with Crippen LogP contribution in [-0.2, 0) is 4.74 Å². The number of ether oxygens (including phenoxy) is 1. The van der Waals surface area contributed by atoms with Crippen molar-refractivity contribution in [2.75, 3.05) is 6.61 Å². The molecule has 2 atom stereocenters. The van der Waals surface area contributed by atoms with Crippen LogP contribution in [0.25, 0.3) is 0 Å². The third-order valence-electron chi connectivity index (χ3n) is 2.84. The van der Waals surface area contributed by atoms with Crippen molar-refractivity contribution in [2.45, 2.75) is 57.3 Å². The molecule has 1 aliphatic rings. The van der Waals surface area contributed by atoms with E-state index in [1.165, 1.54) is 0 Å². The fourth-order valence-corrected chi connectivity index (χ4v) is 2.03. The van der Waals surface area contributed by atoms with Gasteiger partial charge in [-0.05, 0) is 40.0 Å². The molecule has 1 aliphatic heterocycles. The summed E-state index contributed by atoms with van der Waals surface area (Å²) in [6.07, 6.45) is 2.10. The molecular weight excluding hydrogens is 168 g/mol. The van der Waals surface area contributed by atoms with E-state index in [1.54, 1.807) is 0 Å². The minimum atomic E-state index is -0.771. The van der Waals surface area contributed by atoms with Gasteiger partial charge in [-0.3, -0.25) is 0 Å². The molecule has 2 N–H and O–H groups in total. The van der Waals surface area contributed by atoms with Crippen LogP contribution in [-0.4, -0.2) is 34.1 Å². The first kappa shape index (κ1) is 11.0. The van der Waals surface area contributed by atoms with E-state index in [0.717, 1.165) is 19.3 Å². The largest absolute Gasteiger partial charge is 0.394 e. The molecule has 0 spiro atoms. The van der Waals surface area contributed by atoms with Crippen molar-refractivity contribution in [3.63, 3.8) is 0 Å². The van der Waals surface area contributed by atoms with Crippen molar-refractivity contribution in [1.82, 2.24) is 0 Å². The standard InChI is InChI=1S/C10H20O3/c1-9(2)5-4-6-10(3,13-9)8(12)7-11/h8,11-12H,4-7H2,1-3H3/t8-,10+/m1/s1. The minimum Gasteiger partial charge on any atom is -0.394 e. The molecule has 1 saturated heterocycles. The Hall–Kier alpha value is -0.120. The SMILES string of the molecule is CC1(C)CCC[C@@](C)([C@H](O)CO)O1. The molecular formula is C10H20O3. The zero-order valence-corrected chi connectivity index (χ0v) is 8.71. The van der Waals surface area contributed by atoms with Gasteiger partial charge in [0, 0.05) is 0 Å². The van der Waals surface area contributed by atoms with Crippen LogP contribution in [0.2, 0.25) is 0 Å². The fourth-order valence-electron chi connectivity index (χ4n) is 2.03. The number of aliphatic hydroxyl groups excluding tert-OH is 2. The van der Waals surface area contributed by atoms with Gasteiger partial charge in [-0.15, -0.1) is 0 Å². The van der Waals surface area contributed by atoms with Gasteiger partial charge in [0.15, 0.2) is 0 Å². The summed E-state index contributed by atoms with van der Waals surface area (Å²) < 4.78 is 5.80. The third kappa shape index (κ3) is 2.42. The summed E-state index contributed by atoms with van der Waals surface area (Å²) in [5.41, 5.74) is -0.750. The first-order valence-electron chi connectivity index (χ1n) is 4.89. The van der Waals surface area contributed by atoms with Crippen LogP contribution < -0.4 is 0 Å². The van der Waals surface area contributed by atoms with E-state index in [2.05, 4.69) is 0 Å². The lowest BCUT2D eigenvalue weighted by Gasteiger charge is -2.45. The Morgan fingerprint density at radius 2 is 1.92 bits per heavy atom. The number of aliphatic hydroxyl groups is 2. The second-order valence-electron chi connectivity index (χ2n) is 4.73. The molecule has 0 aromatic carbocycles. The summed E-state index contributed by atoms with van der Waals surface area (Å²) >= 11 is 0. The van der Waals surface area contributed by atoms with Crippen LogP contribution in [0, 0.1) is 0 Å². The zero-order chi connectivity index (χ0) is 10.1. The van der Waals surface area contributed by atoms with Crippen LogP contribution in [0.3, 0.4) is 0 Å². The van der Waals surface area contributed by atoms with Gasteiger partial charge in [0.1, 0.15) is 6.10 Å². The summed E-state index contributed by atoms with van der Waals surface area (Å²) in [6, 6.07) is 0. The van der Waals surface area contributed by atoms with Crippen LogP contribution in [0.15, 0.2) is 0 Å². The molecule has 1 heterocycles. The molecule has 13 heavy (non-hydrogen) atoms. The molecule has 78 valence electrons. The lowest BCUT2D eigenvalue weighted by Crippen LogP contribution is -2.52. The van der Waals surface area contributed by atoms with Gasteiger partial charge < -0.3 is 14.9 Å². The highest BCUT2D eigenvalue weighted by atomic mass is 16.5. The van der Waals surface area contributed by atoms with Gasteiger partial charge in [0.2, 0.25) is 0 Å². The van der Waals surface area contributed by atoms with Gasteiger partial charge in [-0.2, -0.15) is 0 Å². The Morgan fingerprint density at radius 3 is 2.38 bits per heavy atom. The van der Waals surface area contributed by atoms with Gasteiger partial charge in [-0.1, -0.05) is 0 Å². The summed E-state index contributed by atoms with van der Waals surface area (Å²) in [4.78, 5) is 0. The van der Waals surface area contributed by atoms with E-state index in [0.29, 0.717) is 0 Å². The van der Waals surface area contributed by atoms with Crippen molar-refractivity contribution in [2.24, 2.45) is 0 Å². The topological polar surface area (TPSA) is 49.7 Å². The van der Waals surface area contributed by atoms with Crippen LogP contribution in [0.1, 0.15) is 40.0 Å². The van der Waals surface area contributed by atoms with Crippen molar-refractivity contribution in [3.05, 3.63) is 0 Å². The molecule has 0 aromatic rings. The van der Waals surface area contributed by atoms with Crippen LogP contribution in [0.5, 0.6) is 0 Å². The predicted molar refractivity (Wildman–Crippen MR) is 50.5 cm³/mol. The maximum absolute atomic E-state index is 9.60. The molecule has 3 nitrogen and oxygen atoms in total. The van der Waals surface area contributed by atoms with Gasteiger partial charge in [0.05, 0.1) is 17.8 Å². The van der Waals surface area contributed by atoms with Crippen molar-refractivity contribution in [1.29, 1.82) is 0 Å². The number of hydrogen-bond donors (Lipinski definition) is 2. The number of rotatable bonds is 2. The van der Waals surface area contributed by atoms with Gasteiger partial charge >= 0.3 is 0 Å². The average Bonchev–Trinajstić information content (AvgIpc) is 2.00. The zero-order valence-electron chi connectivity index (χ0n) is 8.71. The van der Waals surface area contributed by atoms with E-state index in [1.807, 2.05) is 20.8 Å². The van der Waals surface area contributed by atoms with Crippen LogP contribution in [0.4, 0.5) is 0 Å². The molecule has 0 amide bonds. The Morgan fingerprint density at radius 1 is 1.31 bits per heavy atom. The smallest absolute Gasteiger partial charge is 0.106 e. The van der Waals surface area contributed by atoms with E-state index < -0.39 is 11.7 Å². The van der Waals surface area contributed by atoms with Gasteiger partial charge in [-0.25, -0.2) is 0 Å². The average molecular weight is 188 g/mol. The first-order valence-corrected chi connectivity index (χ1v) is 4.89. The van der Waals surface area contributed by atoms with Crippen LogP contribution >= 0.6 is 0 Å². The lowest BCUT2D eigenvalue weighted by atomic mass is 9.84. The molecule has 0 aliphatic carbocycles. The second kappa shape index (κ2) is 3.56. The highest BCUT2D eigenvalue weighted by Crippen LogP contribution is 2.36. The quantitative estimate of drug-likeness (QED) is 0.681. The van der Waals surface area contributed by atoms with Gasteiger partial charge in [0.25, 0.3) is 0 Å². The molecule has 0 bridgehead atoms. The monoisotopic (exact) mass is 188 g/mol. The Kier molecular flexibility index (Phi) is 3.00. The first-order chi connectivity index (χ1) is 5.90. The maximum Gasteiger partial charge on any atom is 0.106 e. The molecule has 0 unspecified atom stereocenters. The molecule has 0 saturated carbocycles. The van der Waals surface area contributed by atoms with Crippen molar-refractivity contribution >= 4 is 0 Å². The second-order valence-corrected chi connectivity index (χ2v) is 4.73. The Bertz CT molecular complexity index is 179. The van der Waals surface area contributed by atoms with Crippen molar-refractivity contribution in [3.8, 4) is 0 Å². The summed E-state index contributed by atoms with van der Waals surface area (Å²) in [6.45, 7) is 5.68. The Balaban J connectivity index is 2.68. The van der Waals surface area contributed by atoms with Crippen molar-refractivity contribution < 1.29 is 14.9 Å². The fraction of sp³-hybridized carbons (Fsp3) is 1.00. The van der Waals surface area contributed by atoms with E-state index in [-0.39, 0.29) is 12.2 Å². The summed E-state index contributed by atoms with van der Waals surface area (Å²) in [7, 11) is 0. The maximum atomic E-state index is 9.60. The minimum absolute atomic E-state index is 0.177. The molecule has 0 aromatic heterocycles. The normalized spacial score (nSPS) is 35.8.